The van der Waals surface area contributed by atoms with Gasteiger partial charge in [-0.25, -0.2) is 4.79 Å². The van der Waals surface area contributed by atoms with Crippen LogP contribution in [0, 0.1) is 0 Å². The Labute approximate surface area is 228 Å². The first-order chi connectivity index (χ1) is 18.9. The molecule has 1 aromatic carbocycles. The molecule has 4 unspecified atom stereocenters. The number of aliphatic imine (C=N–C) groups is 1. The van der Waals surface area contributed by atoms with Crippen molar-refractivity contribution in [3.63, 3.8) is 0 Å². The lowest BCUT2D eigenvalue weighted by atomic mass is 10.0. The number of amides is 4. The summed E-state index contributed by atoms with van der Waals surface area (Å²) in [5.74, 6) is -5.21. The summed E-state index contributed by atoms with van der Waals surface area (Å²) in [4.78, 5) is 68.4. The number of primary amides is 1. The van der Waals surface area contributed by atoms with Gasteiger partial charge in [-0.05, 0) is 24.5 Å². The number of fused-ring (bicyclic) bond motifs is 1. The van der Waals surface area contributed by atoms with Crippen molar-refractivity contribution in [2.75, 3.05) is 13.2 Å². The van der Waals surface area contributed by atoms with E-state index in [0.717, 1.165) is 10.9 Å². The molecule has 0 radical (unpaired) electrons. The van der Waals surface area contributed by atoms with Crippen LogP contribution in [0.2, 0.25) is 0 Å². The third-order valence-corrected chi connectivity index (χ3v) is 5.87. The second-order valence-corrected chi connectivity index (χ2v) is 8.99. The molecular weight excluding hydrogens is 526 g/mol. The highest BCUT2D eigenvalue weighted by atomic mass is 16.4. The molecule has 0 bridgehead atoms. The first-order valence-corrected chi connectivity index (χ1v) is 12.3. The molecule has 0 saturated heterocycles. The highest BCUT2D eigenvalue weighted by Gasteiger charge is 2.31. The second-order valence-electron chi connectivity index (χ2n) is 8.99. The Balaban J connectivity index is 2.06. The van der Waals surface area contributed by atoms with Gasteiger partial charge >= 0.3 is 5.97 Å². The molecule has 0 aliphatic rings. The number of nitrogens with two attached hydrogens (primary N) is 4. The minimum absolute atomic E-state index is 0.0985. The molecule has 0 aliphatic carbocycles. The molecule has 16 heteroatoms. The summed E-state index contributed by atoms with van der Waals surface area (Å²) in [7, 11) is 0. The fourth-order valence-corrected chi connectivity index (χ4v) is 3.80. The fraction of sp³-hybridized carbons (Fsp3) is 0.417. The molecule has 16 nitrogen and oxygen atoms in total. The molecule has 1 heterocycles. The smallest absolute Gasteiger partial charge is 0.326 e. The van der Waals surface area contributed by atoms with Crippen LogP contribution in [-0.4, -0.2) is 88.1 Å². The minimum Gasteiger partial charge on any atom is -0.480 e. The number of hydrogen-bond acceptors (Lipinski definition) is 8. The predicted octanol–water partition coefficient (Wildman–Crippen LogP) is -3.50. The van der Waals surface area contributed by atoms with E-state index in [4.69, 9.17) is 22.9 Å². The van der Waals surface area contributed by atoms with E-state index in [9.17, 15) is 34.2 Å². The highest BCUT2D eigenvalue weighted by molar-refractivity contribution is 5.96. The van der Waals surface area contributed by atoms with Gasteiger partial charge in [0.15, 0.2) is 5.96 Å². The summed E-state index contributed by atoms with van der Waals surface area (Å²) in [5, 5.41) is 26.9. The number of carboxylic acid groups (broad SMARTS) is 1. The van der Waals surface area contributed by atoms with Crippen LogP contribution in [0.5, 0.6) is 0 Å². The maximum atomic E-state index is 13.0. The van der Waals surface area contributed by atoms with Gasteiger partial charge in [-0.3, -0.25) is 24.2 Å². The van der Waals surface area contributed by atoms with Crippen LogP contribution in [0.1, 0.15) is 24.8 Å². The Morgan fingerprint density at radius 3 is 2.17 bits per heavy atom. The van der Waals surface area contributed by atoms with E-state index in [1.165, 1.54) is 0 Å². The molecule has 0 fully saturated rings. The SMILES string of the molecule is NC(=O)CC(NC(=O)C(CO)NC(=O)C(N)CCCN=C(N)N)C(=O)NC(Cc1c[nH]c2ccccc12)C(=O)O. The van der Waals surface area contributed by atoms with Gasteiger partial charge in [-0.2, -0.15) is 0 Å². The van der Waals surface area contributed by atoms with Crippen LogP contribution in [-0.2, 0) is 30.4 Å². The molecule has 0 aliphatic heterocycles. The Bertz CT molecular complexity index is 1240. The molecule has 1 aromatic heterocycles. The monoisotopic (exact) mass is 561 g/mol. The first-order valence-electron chi connectivity index (χ1n) is 12.3. The van der Waals surface area contributed by atoms with Gasteiger partial charge in [0, 0.05) is 30.1 Å². The number of carbonyl (C=O) groups excluding carboxylic acids is 4. The molecule has 4 atom stereocenters. The van der Waals surface area contributed by atoms with Gasteiger partial charge in [0.1, 0.15) is 18.1 Å². The van der Waals surface area contributed by atoms with E-state index in [1.54, 1.807) is 24.4 Å². The van der Waals surface area contributed by atoms with Gasteiger partial charge < -0.3 is 54.1 Å². The van der Waals surface area contributed by atoms with E-state index >= 15 is 0 Å². The van der Waals surface area contributed by atoms with E-state index in [0.29, 0.717) is 12.0 Å². The van der Waals surface area contributed by atoms with Gasteiger partial charge in [0.2, 0.25) is 23.6 Å². The number of carbonyl (C=O) groups is 5. The fourth-order valence-electron chi connectivity index (χ4n) is 3.80. The number of nitrogens with zero attached hydrogens (tertiary/aromatic N) is 1. The number of benzene rings is 1. The standard InChI is InChI=1S/C24H35N9O7/c25-14(5-3-7-29-24(27)28)20(36)33-18(11-34)22(38)31-16(9-19(26)35)21(37)32-17(23(39)40)8-12-10-30-15-6-2-1-4-13(12)15/h1-2,4,6,10,14,16-18,30,34H,3,5,7-9,11,25H2,(H2,26,35)(H,31,38)(H,32,37)(H,33,36)(H,39,40)(H4,27,28,29). The molecule has 218 valence electrons. The van der Waals surface area contributed by atoms with Crippen molar-refractivity contribution in [2.45, 2.75) is 49.9 Å². The van der Waals surface area contributed by atoms with Crippen LogP contribution < -0.4 is 38.9 Å². The zero-order valence-electron chi connectivity index (χ0n) is 21.6. The van der Waals surface area contributed by atoms with Gasteiger partial charge in [-0.1, -0.05) is 18.2 Å². The van der Waals surface area contributed by atoms with Gasteiger partial charge in [-0.15, -0.1) is 0 Å². The number of para-hydroxylation sites is 1. The van der Waals surface area contributed by atoms with Crippen molar-refractivity contribution in [2.24, 2.45) is 27.9 Å². The highest BCUT2D eigenvalue weighted by Crippen LogP contribution is 2.19. The van der Waals surface area contributed by atoms with Gasteiger partial charge in [0.05, 0.1) is 19.1 Å². The maximum Gasteiger partial charge on any atom is 0.326 e. The largest absolute Gasteiger partial charge is 0.480 e. The van der Waals surface area contributed by atoms with E-state index in [-0.39, 0.29) is 25.3 Å². The average Bonchev–Trinajstić information content (AvgIpc) is 3.30. The van der Waals surface area contributed by atoms with Crippen molar-refractivity contribution < 1.29 is 34.2 Å². The number of aliphatic hydroxyl groups is 1. The number of rotatable bonds is 16. The number of carboxylic acids is 1. The molecule has 14 N–H and O–H groups in total. The number of nitrogens with one attached hydrogen (secondary N) is 4. The Morgan fingerprint density at radius 1 is 0.925 bits per heavy atom. The summed E-state index contributed by atoms with van der Waals surface area (Å²) in [6, 6.07) is 1.60. The maximum absolute atomic E-state index is 13.0. The molecule has 40 heavy (non-hydrogen) atoms. The number of aliphatic carboxylic acids is 1. The lowest BCUT2D eigenvalue weighted by Gasteiger charge is -2.24. The van der Waals surface area contributed by atoms with Crippen molar-refractivity contribution in [1.29, 1.82) is 0 Å². The van der Waals surface area contributed by atoms with E-state index < -0.39 is 66.8 Å². The van der Waals surface area contributed by atoms with Crippen molar-refractivity contribution in [1.82, 2.24) is 20.9 Å². The number of aromatic amines is 1. The van der Waals surface area contributed by atoms with Crippen molar-refractivity contribution in [3.05, 3.63) is 36.0 Å². The number of H-pyrrole nitrogens is 1. The summed E-state index contributed by atoms with van der Waals surface area (Å²) in [6.07, 6.45) is 1.39. The molecule has 4 amide bonds. The van der Waals surface area contributed by atoms with Crippen molar-refractivity contribution >= 4 is 46.5 Å². The van der Waals surface area contributed by atoms with Crippen LogP contribution >= 0.6 is 0 Å². The van der Waals surface area contributed by atoms with E-state index in [2.05, 4.69) is 25.9 Å². The number of aromatic nitrogens is 1. The predicted molar refractivity (Wildman–Crippen MR) is 144 cm³/mol. The summed E-state index contributed by atoms with van der Waals surface area (Å²) >= 11 is 0. The molecular formula is C24H35N9O7. The summed E-state index contributed by atoms with van der Waals surface area (Å²) < 4.78 is 0. The van der Waals surface area contributed by atoms with E-state index in [1.807, 2.05) is 6.07 Å². The molecule has 2 rings (SSSR count). The minimum atomic E-state index is -1.59. The second kappa shape index (κ2) is 15.0. The lowest BCUT2D eigenvalue weighted by molar-refractivity contribution is -0.142. The van der Waals surface area contributed by atoms with Crippen LogP contribution in [0.15, 0.2) is 35.5 Å². The number of guanidine groups is 1. The zero-order valence-corrected chi connectivity index (χ0v) is 21.6. The zero-order chi connectivity index (χ0) is 29.8. The van der Waals surface area contributed by atoms with Crippen LogP contribution in [0.4, 0.5) is 0 Å². The molecule has 0 saturated carbocycles. The number of hydrogen-bond donors (Lipinski definition) is 10. The van der Waals surface area contributed by atoms with Gasteiger partial charge in [0.25, 0.3) is 0 Å². The Hall–Kier alpha value is -4.70. The average molecular weight is 562 g/mol. The van der Waals surface area contributed by atoms with Crippen LogP contribution in [0.3, 0.4) is 0 Å². The quantitative estimate of drug-likeness (QED) is 0.0547. The third-order valence-electron chi connectivity index (χ3n) is 5.87. The molecule has 0 spiro atoms. The summed E-state index contributed by atoms with van der Waals surface area (Å²) in [6.45, 7) is -0.629. The molecule has 2 aromatic rings. The third kappa shape index (κ3) is 9.55. The first kappa shape index (κ1) is 31.5. The van der Waals surface area contributed by atoms with Crippen LogP contribution in [0.25, 0.3) is 10.9 Å². The lowest BCUT2D eigenvalue weighted by Crippen LogP contribution is -2.58. The normalized spacial score (nSPS) is 13.8. The number of aliphatic hydroxyl groups excluding tert-OH is 1. The van der Waals surface area contributed by atoms with Crippen molar-refractivity contribution in [3.8, 4) is 0 Å². The summed E-state index contributed by atoms with van der Waals surface area (Å²) in [5.41, 5.74) is 22.9. The Kier molecular flexibility index (Phi) is 11.8. The topological polar surface area (TPSA) is 294 Å². The Morgan fingerprint density at radius 2 is 1.55 bits per heavy atom.